The van der Waals surface area contributed by atoms with Crippen LogP contribution in [0.2, 0.25) is 0 Å². The van der Waals surface area contributed by atoms with Crippen molar-refractivity contribution in [2.45, 2.75) is 66.0 Å². The Labute approximate surface area is 77.9 Å². The van der Waals surface area contributed by atoms with Crippen LogP contribution in [0, 0.1) is 5.92 Å². The van der Waals surface area contributed by atoms with Crippen LogP contribution in [0.25, 0.3) is 0 Å². The van der Waals surface area contributed by atoms with Crippen LogP contribution in [0.3, 0.4) is 0 Å². The molecule has 0 aromatic rings. The molecule has 12 heavy (non-hydrogen) atoms. The molecule has 2 atom stereocenters. The fourth-order valence-electron chi connectivity index (χ4n) is 1.39. The first-order valence-electron chi connectivity index (χ1n) is 5.32. The van der Waals surface area contributed by atoms with E-state index in [9.17, 15) is 0 Å². The van der Waals surface area contributed by atoms with Gasteiger partial charge in [0, 0.05) is 12.1 Å². The van der Waals surface area contributed by atoms with Crippen LogP contribution in [0.4, 0.5) is 0 Å². The number of hydrogen-bond donors (Lipinski definition) is 1. The Bertz CT molecular complexity index is 99.2. The molecule has 0 aliphatic heterocycles. The molecule has 0 rings (SSSR count). The van der Waals surface area contributed by atoms with E-state index < -0.39 is 0 Å². The SMILES string of the molecule is CCC(C)CCC(C)NC(C)C. The summed E-state index contributed by atoms with van der Waals surface area (Å²) in [7, 11) is 0. The van der Waals surface area contributed by atoms with Crippen LogP contribution in [0.5, 0.6) is 0 Å². The second kappa shape index (κ2) is 6.47. The Kier molecular flexibility index (Phi) is 6.45. The molecule has 0 heterocycles. The molecule has 74 valence electrons. The lowest BCUT2D eigenvalue weighted by Gasteiger charge is -2.18. The van der Waals surface area contributed by atoms with E-state index in [-0.39, 0.29) is 0 Å². The third kappa shape index (κ3) is 6.66. The maximum atomic E-state index is 3.52. The molecular weight excluding hydrogens is 146 g/mol. The normalized spacial score (nSPS) is 16.5. The minimum atomic E-state index is 0.622. The highest BCUT2D eigenvalue weighted by atomic mass is 14.9. The van der Waals surface area contributed by atoms with Crippen molar-refractivity contribution in [3.63, 3.8) is 0 Å². The first-order valence-corrected chi connectivity index (χ1v) is 5.32. The van der Waals surface area contributed by atoms with E-state index >= 15 is 0 Å². The Hall–Kier alpha value is -0.0400. The first-order chi connectivity index (χ1) is 5.56. The van der Waals surface area contributed by atoms with E-state index in [2.05, 4.69) is 39.9 Å². The smallest absolute Gasteiger partial charge is 0.00411 e. The molecule has 2 unspecified atom stereocenters. The van der Waals surface area contributed by atoms with Crippen LogP contribution in [0.1, 0.15) is 53.9 Å². The fourth-order valence-corrected chi connectivity index (χ4v) is 1.39. The van der Waals surface area contributed by atoms with Crippen molar-refractivity contribution >= 4 is 0 Å². The second-order valence-electron chi connectivity index (χ2n) is 4.31. The Morgan fingerprint density at radius 3 is 2.00 bits per heavy atom. The van der Waals surface area contributed by atoms with E-state index in [1.54, 1.807) is 0 Å². The third-order valence-corrected chi connectivity index (χ3v) is 2.41. The van der Waals surface area contributed by atoms with Gasteiger partial charge in [0.1, 0.15) is 0 Å². The molecule has 0 saturated heterocycles. The third-order valence-electron chi connectivity index (χ3n) is 2.41. The molecule has 0 amide bonds. The van der Waals surface area contributed by atoms with E-state index in [0.29, 0.717) is 12.1 Å². The summed E-state index contributed by atoms with van der Waals surface area (Å²) in [6, 6.07) is 1.30. The topological polar surface area (TPSA) is 12.0 Å². The summed E-state index contributed by atoms with van der Waals surface area (Å²) in [6.07, 6.45) is 3.99. The van der Waals surface area contributed by atoms with Crippen molar-refractivity contribution in [2.75, 3.05) is 0 Å². The second-order valence-corrected chi connectivity index (χ2v) is 4.31. The Balaban J connectivity index is 3.36. The quantitative estimate of drug-likeness (QED) is 0.647. The summed E-state index contributed by atoms with van der Waals surface area (Å²) >= 11 is 0. The van der Waals surface area contributed by atoms with E-state index in [1.165, 1.54) is 19.3 Å². The van der Waals surface area contributed by atoms with Gasteiger partial charge in [0.2, 0.25) is 0 Å². The molecule has 0 aromatic carbocycles. The van der Waals surface area contributed by atoms with Crippen LogP contribution < -0.4 is 5.32 Å². The lowest BCUT2D eigenvalue weighted by Crippen LogP contribution is -2.32. The van der Waals surface area contributed by atoms with Crippen molar-refractivity contribution in [1.29, 1.82) is 0 Å². The molecule has 0 bridgehead atoms. The van der Waals surface area contributed by atoms with Crippen molar-refractivity contribution in [1.82, 2.24) is 5.32 Å². The van der Waals surface area contributed by atoms with Gasteiger partial charge in [-0.1, -0.05) is 34.1 Å². The molecule has 0 aliphatic rings. The largest absolute Gasteiger partial charge is 0.312 e. The van der Waals surface area contributed by atoms with E-state index in [0.717, 1.165) is 5.92 Å². The van der Waals surface area contributed by atoms with Gasteiger partial charge >= 0.3 is 0 Å². The van der Waals surface area contributed by atoms with Gasteiger partial charge in [-0.05, 0) is 25.7 Å². The Morgan fingerprint density at radius 2 is 1.58 bits per heavy atom. The molecule has 1 N–H and O–H groups in total. The van der Waals surface area contributed by atoms with Gasteiger partial charge in [-0.3, -0.25) is 0 Å². The zero-order valence-electron chi connectivity index (χ0n) is 9.35. The standard InChI is InChI=1S/C11H25N/c1-6-10(4)7-8-11(5)12-9(2)3/h9-12H,6-8H2,1-5H3. The maximum Gasteiger partial charge on any atom is 0.00411 e. The van der Waals surface area contributed by atoms with Crippen LogP contribution >= 0.6 is 0 Å². The summed E-state index contributed by atoms with van der Waals surface area (Å²) in [5, 5.41) is 3.52. The minimum Gasteiger partial charge on any atom is -0.312 e. The molecule has 0 aromatic heterocycles. The predicted molar refractivity (Wildman–Crippen MR) is 56.4 cm³/mol. The fraction of sp³-hybridized carbons (Fsp3) is 1.00. The van der Waals surface area contributed by atoms with Crippen LogP contribution in [-0.2, 0) is 0 Å². The summed E-state index contributed by atoms with van der Waals surface area (Å²) < 4.78 is 0. The summed E-state index contributed by atoms with van der Waals surface area (Å²) in [6.45, 7) is 11.3. The minimum absolute atomic E-state index is 0.622. The molecular formula is C11H25N. The van der Waals surface area contributed by atoms with Crippen molar-refractivity contribution in [3.8, 4) is 0 Å². The van der Waals surface area contributed by atoms with Gasteiger partial charge < -0.3 is 5.32 Å². The van der Waals surface area contributed by atoms with Gasteiger partial charge in [-0.2, -0.15) is 0 Å². The molecule has 0 aliphatic carbocycles. The highest BCUT2D eigenvalue weighted by Crippen LogP contribution is 2.11. The van der Waals surface area contributed by atoms with Crippen molar-refractivity contribution < 1.29 is 0 Å². The first kappa shape index (κ1) is 12.0. The van der Waals surface area contributed by atoms with Crippen molar-refractivity contribution in [3.05, 3.63) is 0 Å². The predicted octanol–water partition coefficient (Wildman–Crippen LogP) is 3.20. The molecule has 1 heteroatoms. The summed E-state index contributed by atoms with van der Waals surface area (Å²) in [4.78, 5) is 0. The van der Waals surface area contributed by atoms with Crippen molar-refractivity contribution in [2.24, 2.45) is 5.92 Å². The number of hydrogen-bond acceptors (Lipinski definition) is 1. The lowest BCUT2D eigenvalue weighted by molar-refractivity contribution is 0.406. The van der Waals surface area contributed by atoms with E-state index in [4.69, 9.17) is 0 Å². The average molecular weight is 171 g/mol. The highest BCUT2D eigenvalue weighted by molar-refractivity contribution is 4.65. The maximum absolute atomic E-state index is 3.52. The molecule has 0 saturated carbocycles. The highest BCUT2D eigenvalue weighted by Gasteiger charge is 2.05. The van der Waals surface area contributed by atoms with Gasteiger partial charge in [0.05, 0.1) is 0 Å². The van der Waals surface area contributed by atoms with Gasteiger partial charge in [0.15, 0.2) is 0 Å². The zero-order chi connectivity index (χ0) is 9.56. The zero-order valence-corrected chi connectivity index (χ0v) is 9.35. The van der Waals surface area contributed by atoms with Gasteiger partial charge in [0.25, 0.3) is 0 Å². The summed E-state index contributed by atoms with van der Waals surface area (Å²) in [5.74, 6) is 0.890. The van der Waals surface area contributed by atoms with Gasteiger partial charge in [-0.25, -0.2) is 0 Å². The number of nitrogens with one attached hydrogen (secondary N) is 1. The van der Waals surface area contributed by atoms with Gasteiger partial charge in [-0.15, -0.1) is 0 Å². The van der Waals surface area contributed by atoms with Crippen LogP contribution in [-0.4, -0.2) is 12.1 Å². The van der Waals surface area contributed by atoms with Crippen LogP contribution in [0.15, 0.2) is 0 Å². The molecule has 0 spiro atoms. The Morgan fingerprint density at radius 1 is 1.00 bits per heavy atom. The lowest BCUT2D eigenvalue weighted by atomic mass is 10.00. The summed E-state index contributed by atoms with van der Waals surface area (Å²) in [5.41, 5.74) is 0. The molecule has 0 fully saturated rings. The molecule has 1 nitrogen and oxygen atoms in total. The molecule has 0 radical (unpaired) electrons. The monoisotopic (exact) mass is 171 g/mol. The average Bonchev–Trinajstić information content (AvgIpc) is 1.99. The number of rotatable bonds is 6. The van der Waals surface area contributed by atoms with E-state index in [1.807, 2.05) is 0 Å².